The molecule has 2 rings (SSSR count). The van der Waals surface area contributed by atoms with Gasteiger partial charge in [-0.3, -0.25) is 0 Å². The Hall–Kier alpha value is -0.740. The van der Waals surface area contributed by atoms with Crippen LogP contribution in [-0.2, 0) is 12.0 Å². The SMILES string of the molecule is OC1(C(F)(F)F)CCCc2cccc(Cl)c21. The van der Waals surface area contributed by atoms with Crippen molar-refractivity contribution in [3.05, 3.63) is 34.3 Å². The van der Waals surface area contributed by atoms with E-state index in [1.807, 2.05) is 0 Å². The molecule has 0 bridgehead atoms. The van der Waals surface area contributed by atoms with Crippen molar-refractivity contribution in [3.8, 4) is 0 Å². The Labute approximate surface area is 95.8 Å². The molecule has 16 heavy (non-hydrogen) atoms. The molecule has 1 unspecified atom stereocenters. The fourth-order valence-corrected chi connectivity index (χ4v) is 2.53. The summed E-state index contributed by atoms with van der Waals surface area (Å²) in [6, 6.07) is 4.56. The molecule has 0 radical (unpaired) electrons. The van der Waals surface area contributed by atoms with Crippen molar-refractivity contribution in [1.82, 2.24) is 0 Å². The van der Waals surface area contributed by atoms with Crippen LogP contribution in [0.4, 0.5) is 13.2 Å². The predicted octanol–water partition coefficient (Wildman–Crippen LogP) is 3.43. The van der Waals surface area contributed by atoms with Gasteiger partial charge in [-0.1, -0.05) is 23.7 Å². The quantitative estimate of drug-likeness (QED) is 0.748. The molecule has 0 saturated carbocycles. The van der Waals surface area contributed by atoms with E-state index in [0.717, 1.165) is 0 Å². The topological polar surface area (TPSA) is 20.2 Å². The van der Waals surface area contributed by atoms with Crippen molar-refractivity contribution in [2.75, 3.05) is 0 Å². The Kier molecular flexibility index (Phi) is 2.67. The van der Waals surface area contributed by atoms with Gasteiger partial charge in [-0.2, -0.15) is 13.2 Å². The normalized spacial score (nSPS) is 25.3. The summed E-state index contributed by atoms with van der Waals surface area (Å²) in [5.74, 6) is 0. The van der Waals surface area contributed by atoms with E-state index in [0.29, 0.717) is 18.4 Å². The van der Waals surface area contributed by atoms with Crippen LogP contribution in [0, 0.1) is 0 Å². The van der Waals surface area contributed by atoms with Gasteiger partial charge in [-0.15, -0.1) is 0 Å². The highest BCUT2D eigenvalue weighted by Gasteiger charge is 2.57. The minimum absolute atomic E-state index is 0.0166. The number of halogens is 4. The van der Waals surface area contributed by atoms with Crippen molar-refractivity contribution in [1.29, 1.82) is 0 Å². The second kappa shape index (κ2) is 3.64. The first-order valence-electron chi connectivity index (χ1n) is 4.93. The molecule has 88 valence electrons. The molecule has 0 aliphatic heterocycles. The number of fused-ring (bicyclic) bond motifs is 1. The van der Waals surface area contributed by atoms with Gasteiger partial charge in [0.15, 0.2) is 5.60 Å². The highest BCUT2D eigenvalue weighted by atomic mass is 35.5. The van der Waals surface area contributed by atoms with Gasteiger partial charge < -0.3 is 5.11 Å². The van der Waals surface area contributed by atoms with Crippen LogP contribution in [0.25, 0.3) is 0 Å². The summed E-state index contributed by atoms with van der Waals surface area (Å²) in [6.45, 7) is 0. The summed E-state index contributed by atoms with van der Waals surface area (Å²) >= 11 is 5.77. The van der Waals surface area contributed by atoms with Crippen LogP contribution < -0.4 is 0 Å². The predicted molar refractivity (Wildman–Crippen MR) is 54.3 cm³/mol. The van der Waals surface area contributed by atoms with Crippen molar-refractivity contribution >= 4 is 11.6 Å². The Morgan fingerprint density at radius 2 is 2.00 bits per heavy atom. The smallest absolute Gasteiger partial charge is 0.376 e. The Bertz CT molecular complexity index is 416. The van der Waals surface area contributed by atoms with Gasteiger partial charge in [-0.25, -0.2) is 0 Å². The monoisotopic (exact) mass is 250 g/mol. The standard InChI is InChI=1S/C11H10ClF3O/c12-8-5-1-3-7-4-2-6-10(16,9(7)8)11(13,14)15/h1,3,5,16H,2,4,6H2. The lowest BCUT2D eigenvalue weighted by Gasteiger charge is -2.36. The second-order valence-electron chi connectivity index (χ2n) is 3.99. The van der Waals surface area contributed by atoms with E-state index in [2.05, 4.69) is 0 Å². The number of alkyl halides is 3. The first-order valence-corrected chi connectivity index (χ1v) is 5.31. The third kappa shape index (κ3) is 1.60. The van der Waals surface area contributed by atoms with Gasteiger partial charge in [0.2, 0.25) is 0 Å². The van der Waals surface area contributed by atoms with Crippen molar-refractivity contribution in [2.24, 2.45) is 0 Å². The zero-order chi connectivity index (χ0) is 12.0. The molecule has 0 amide bonds. The minimum atomic E-state index is -4.69. The van der Waals surface area contributed by atoms with E-state index in [1.165, 1.54) is 6.07 Å². The van der Waals surface area contributed by atoms with E-state index in [-0.39, 0.29) is 17.0 Å². The van der Waals surface area contributed by atoms with E-state index in [1.54, 1.807) is 12.1 Å². The van der Waals surface area contributed by atoms with Crippen molar-refractivity contribution in [3.63, 3.8) is 0 Å². The van der Waals surface area contributed by atoms with Crippen molar-refractivity contribution < 1.29 is 18.3 Å². The fraction of sp³-hybridized carbons (Fsp3) is 0.455. The summed E-state index contributed by atoms with van der Waals surface area (Å²) in [7, 11) is 0. The lowest BCUT2D eigenvalue weighted by Crippen LogP contribution is -2.45. The van der Waals surface area contributed by atoms with Crippen LogP contribution in [0.2, 0.25) is 5.02 Å². The van der Waals surface area contributed by atoms with Gasteiger partial charge >= 0.3 is 6.18 Å². The molecular formula is C11H10ClF3O. The zero-order valence-electron chi connectivity index (χ0n) is 8.31. The fourth-order valence-electron chi connectivity index (χ4n) is 2.18. The first-order chi connectivity index (χ1) is 7.36. The zero-order valence-corrected chi connectivity index (χ0v) is 9.07. The maximum absolute atomic E-state index is 12.9. The largest absolute Gasteiger partial charge is 0.421 e. The number of hydrogen-bond donors (Lipinski definition) is 1. The molecule has 1 aliphatic rings. The van der Waals surface area contributed by atoms with Crippen LogP contribution in [0.15, 0.2) is 18.2 Å². The Morgan fingerprint density at radius 3 is 2.62 bits per heavy atom. The molecule has 1 nitrogen and oxygen atoms in total. The Morgan fingerprint density at radius 1 is 1.31 bits per heavy atom. The number of benzene rings is 1. The summed E-state index contributed by atoms with van der Waals surface area (Å²) < 4.78 is 38.6. The van der Waals surface area contributed by atoms with Gasteiger partial charge in [-0.05, 0) is 30.9 Å². The lowest BCUT2D eigenvalue weighted by molar-refractivity contribution is -0.271. The molecule has 0 saturated heterocycles. The van der Waals surface area contributed by atoms with Gasteiger partial charge in [0.1, 0.15) is 0 Å². The summed E-state index contributed by atoms with van der Waals surface area (Å²) in [6.07, 6.45) is -4.18. The maximum atomic E-state index is 12.9. The maximum Gasteiger partial charge on any atom is 0.421 e. The molecule has 0 heterocycles. The minimum Gasteiger partial charge on any atom is -0.376 e. The molecule has 0 aromatic heterocycles. The van der Waals surface area contributed by atoms with Gasteiger partial charge in [0.05, 0.1) is 0 Å². The highest BCUT2D eigenvalue weighted by Crippen LogP contribution is 2.48. The Balaban J connectivity index is 2.64. The van der Waals surface area contributed by atoms with E-state index in [9.17, 15) is 18.3 Å². The molecule has 0 fully saturated rings. The third-order valence-electron chi connectivity index (χ3n) is 2.97. The second-order valence-corrected chi connectivity index (χ2v) is 4.39. The number of aryl methyl sites for hydroxylation is 1. The van der Waals surface area contributed by atoms with Crippen LogP contribution in [0.1, 0.15) is 24.0 Å². The molecule has 5 heteroatoms. The summed E-state index contributed by atoms with van der Waals surface area (Å²) in [4.78, 5) is 0. The molecule has 1 aromatic carbocycles. The van der Waals surface area contributed by atoms with Gasteiger partial charge in [0.25, 0.3) is 0 Å². The highest BCUT2D eigenvalue weighted by molar-refractivity contribution is 6.31. The lowest BCUT2D eigenvalue weighted by atomic mass is 9.78. The average molecular weight is 251 g/mol. The van der Waals surface area contributed by atoms with Crippen molar-refractivity contribution in [2.45, 2.75) is 31.0 Å². The van der Waals surface area contributed by atoms with E-state index < -0.39 is 11.8 Å². The molecule has 1 aliphatic carbocycles. The molecule has 1 atom stereocenters. The summed E-state index contributed by atoms with van der Waals surface area (Å²) in [5, 5.41) is 9.81. The molecular weight excluding hydrogens is 241 g/mol. The van der Waals surface area contributed by atoms with Crippen LogP contribution >= 0.6 is 11.6 Å². The van der Waals surface area contributed by atoms with Crippen LogP contribution in [0.5, 0.6) is 0 Å². The first kappa shape index (κ1) is 11.7. The molecule has 0 spiro atoms. The van der Waals surface area contributed by atoms with E-state index >= 15 is 0 Å². The van der Waals surface area contributed by atoms with Crippen LogP contribution in [0.3, 0.4) is 0 Å². The third-order valence-corrected chi connectivity index (χ3v) is 3.28. The van der Waals surface area contributed by atoms with Gasteiger partial charge in [0, 0.05) is 10.6 Å². The number of hydrogen-bond acceptors (Lipinski definition) is 1. The summed E-state index contributed by atoms with van der Waals surface area (Å²) in [5.41, 5.74) is -2.48. The molecule has 1 aromatic rings. The number of rotatable bonds is 0. The molecule has 1 N–H and O–H groups in total. The van der Waals surface area contributed by atoms with Crippen LogP contribution in [-0.4, -0.2) is 11.3 Å². The number of aliphatic hydroxyl groups is 1. The average Bonchev–Trinajstić information content (AvgIpc) is 2.16. The van der Waals surface area contributed by atoms with E-state index in [4.69, 9.17) is 11.6 Å².